The SMILES string of the molecule is CC[C@H](C)C(SC)=C1C(=O)OC(C)(C)OC1=O. The number of cyclic esters (lactones) is 2. The Morgan fingerprint density at radius 3 is 2.12 bits per heavy atom. The topological polar surface area (TPSA) is 52.6 Å². The van der Waals surface area contributed by atoms with Crippen molar-refractivity contribution < 1.29 is 19.1 Å². The van der Waals surface area contributed by atoms with Crippen LogP contribution in [-0.2, 0) is 19.1 Å². The first kappa shape index (κ1) is 14.1. The molecule has 0 aliphatic carbocycles. The van der Waals surface area contributed by atoms with Crippen LogP contribution in [0.3, 0.4) is 0 Å². The van der Waals surface area contributed by atoms with E-state index in [4.69, 9.17) is 9.47 Å². The second-order valence-corrected chi connectivity index (χ2v) is 5.28. The second-order valence-electron chi connectivity index (χ2n) is 4.43. The molecule has 0 amide bonds. The largest absolute Gasteiger partial charge is 0.419 e. The maximum absolute atomic E-state index is 11.8. The molecule has 0 N–H and O–H groups in total. The molecule has 5 heteroatoms. The lowest BCUT2D eigenvalue weighted by atomic mass is 10.0. The van der Waals surface area contributed by atoms with Crippen LogP contribution in [0.1, 0.15) is 34.1 Å². The van der Waals surface area contributed by atoms with Crippen molar-refractivity contribution in [3.63, 3.8) is 0 Å². The summed E-state index contributed by atoms with van der Waals surface area (Å²) < 4.78 is 10.2. The Labute approximate surface area is 106 Å². The summed E-state index contributed by atoms with van der Waals surface area (Å²) >= 11 is 1.39. The number of carbonyl (C=O) groups is 2. The molecule has 1 heterocycles. The number of carbonyl (C=O) groups excluding carboxylic acids is 2. The molecule has 17 heavy (non-hydrogen) atoms. The van der Waals surface area contributed by atoms with Crippen molar-refractivity contribution in [2.45, 2.75) is 39.9 Å². The third-order valence-corrected chi connectivity index (χ3v) is 3.66. The van der Waals surface area contributed by atoms with E-state index in [1.165, 1.54) is 11.8 Å². The average Bonchev–Trinajstić information content (AvgIpc) is 2.20. The Bertz CT molecular complexity index is 349. The van der Waals surface area contributed by atoms with Gasteiger partial charge in [-0.3, -0.25) is 0 Å². The minimum Gasteiger partial charge on any atom is -0.419 e. The third-order valence-electron chi connectivity index (χ3n) is 2.61. The maximum atomic E-state index is 11.8. The second kappa shape index (κ2) is 5.12. The standard InChI is InChI=1S/C12H18O4S/c1-6-7(2)9(17-5)8-10(13)15-12(3,4)16-11(8)14/h7H,6H2,1-5H3/t7-/m0/s1. The smallest absolute Gasteiger partial charge is 0.349 e. The summed E-state index contributed by atoms with van der Waals surface area (Å²) in [5, 5.41) is 0. The zero-order chi connectivity index (χ0) is 13.2. The first-order chi connectivity index (χ1) is 7.82. The molecule has 0 unspecified atom stereocenters. The summed E-state index contributed by atoms with van der Waals surface area (Å²) in [4.78, 5) is 24.4. The quantitative estimate of drug-likeness (QED) is 0.442. The fourth-order valence-electron chi connectivity index (χ4n) is 1.59. The molecule has 1 aliphatic heterocycles. The molecule has 0 bridgehead atoms. The highest BCUT2D eigenvalue weighted by molar-refractivity contribution is 8.02. The van der Waals surface area contributed by atoms with Crippen LogP contribution in [0.2, 0.25) is 0 Å². The van der Waals surface area contributed by atoms with E-state index >= 15 is 0 Å². The van der Waals surface area contributed by atoms with E-state index < -0.39 is 17.7 Å². The zero-order valence-corrected chi connectivity index (χ0v) is 11.6. The molecule has 0 aromatic heterocycles. The minimum absolute atomic E-state index is 0.0474. The van der Waals surface area contributed by atoms with Gasteiger partial charge in [-0.25, -0.2) is 9.59 Å². The Kier molecular flexibility index (Phi) is 4.25. The zero-order valence-electron chi connectivity index (χ0n) is 10.8. The summed E-state index contributed by atoms with van der Waals surface area (Å²) in [6.07, 6.45) is 2.69. The summed E-state index contributed by atoms with van der Waals surface area (Å²) in [5.41, 5.74) is 0.0474. The van der Waals surface area contributed by atoms with E-state index in [1.807, 2.05) is 20.1 Å². The summed E-state index contributed by atoms with van der Waals surface area (Å²) in [6, 6.07) is 0. The van der Waals surface area contributed by atoms with Gasteiger partial charge in [0, 0.05) is 18.8 Å². The van der Waals surface area contributed by atoms with Gasteiger partial charge in [-0.05, 0) is 18.6 Å². The van der Waals surface area contributed by atoms with Crippen LogP contribution >= 0.6 is 11.8 Å². The molecule has 1 rings (SSSR count). The number of rotatable bonds is 3. The van der Waals surface area contributed by atoms with Gasteiger partial charge in [0.25, 0.3) is 5.79 Å². The van der Waals surface area contributed by atoms with Crippen LogP contribution in [0, 0.1) is 5.92 Å². The lowest BCUT2D eigenvalue weighted by Gasteiger charge is -2.31. The molecule has 0 spiro atoms. The number of ether oxygens (including phenoxy) is 2. The van der Waals surface area contributed by atoms with Gasteiger partial charge in [0.1, 0.15) is 0 Å². The highest BCUT2D eigenvalue weighted by Crippen LogP contribution is 2.33. The van der Waals surface area contributed by atoms with Gasteiger partial charge in [-0.2, -0.15) is 0 Å². The van der Waals surface area contributed by atoms with Crippen LogP contribution in [0.25, 0.3) is 0 Å². The molecule has 0 aromatic rings. The predicted molar refractivity (Wildman–Crippen MR) is 66.3 cm³/mol. The van der Waals surface area contributed by atoms with Crippen molar-refractivity contribution in [1.82, 2.24) is 0 Å². The van der Waals surface area contributed by atoms with Gasteiger partial charge >= 0.3 is 11.9 Å². The first-order valence-electron chi connectivity index (χ1n) is 5.57. The molecule has 1 aliphatic rings. The lowest BCUT2D eigenvalue weighted by molar-refractivity contribution is -0.222. The molecule has 1 saturated heterocycles. The summed E-state index contributed by atoms with van der Waals surface area (Å²) in [6.45, 7) is 7.06. The normalized spacial score (nSPS) is 20.6. The van der Waals surface area contributed by atoms with Gasteiger partial charge in [-0.1, -0.05) is 13.8 Å². The van der Waals surface area contributed by atoms with Crippen molar-refractivity contribution in [1.29, 1.82) is 0 Å². The van der Waals surface area contributed by atoms with Gasteiger partial charge in [-0.15, -0.1) is 11.8 Å². The molecule has 1 fully saturated rings. The predicted octanol–water partition coefficient (Wildman–Crippen LogP) is 2.49. The third kappa shape index (κ3) is 3.03. The van der Waals surface area contributed by atoms with Crippen molar-refractivity contribution in [2.75, 3.05) is 6.26 Å². The van der Waals surface area contributed by atoms with Crippen LogP contribution < -0.4 is 0 Å². The molecule has 0 saturated carbocycles. The molecular formula is C12H18O4S. The van der Waals surface area contributed by atoms with Crippen molar-refractivity contribution in [3.05, 3.63) is 10.5 Å². The van der Waals surface area contributed by atoms with Crippen LogP contribution in [-0.4, -0.2) is 24.0 Å². The Balaban J connectivity index is 3.16. The van der Waals surface area contributed by atoms with Crippen LogP contribution in [0.15, 0.2) is 10.5 Å². The van der Waals surface area contributed by atoms with Gasteiger partial charge in [0.15, 0.2) is 5.57 Å². The van der Waals surface area contributed by atoms with E-state index in [0.717, 1.165) is 11.3 Å². The van der Waals surface area contributed by atoms with E-state index in [2.05, 4.69) is 0 Å². The van der Waals surface area contributed by atoms with E-state index in [-0.39, 0.29) is 11.5 Å². The highest BCUT2D eigenvalue weighted by atomic mass is 32.2. The van der Waals surface area contributed by atoms with Crippen molar-refractivity contribution in [2.24, 2.45) is 5.92 Å². The van der Waals surface area contributed by atoms with Crippen LogP contribution in [0.4, 0.5) is 0 Å². The fraction of sp³-hybridized carbons (Fsp3) is 0.667. The number of esters is 2. The molecule has 0 aromatic carbocycles. The van der Waals surface area contributed by atoms with E-state index in [1.54, 1.807) is 13.8 Å². The average molecular weight is 258 g/mol. The van der Waals surface area contributed by atoms with Gasteiger partial charge < -0.3 is 9.47 Å². The highest BCUT2D eigenvalue weighted by Gasteiger charge is 2.41. The summed E-state index contributed by atoms with van der Waals surface area (Å²) in [5.74, 6) is -2.20. The Hall–Kier alpha value is -0.970. The Morgan fingerprint density at radius 1 is 1.29 bits per heavy atom. The van der Waals surface area contributed by atoms with E-state index in [9.17, 15) is 9.59 Å². The van der Waals surface area contributed by atoms with Crippen LogP contribution in [0.5, 0.6) is 0 Å². The van der Waals surface area contributed by atoms with E-state index in [0.29, 0.717) is 0 Å². The maximum Gasteiger partial charge on any atom is 0.349 e. The number of allylic oxidation sites excluding steroid dienone is 1. The minimum atomic E-state index is -1.17. The summed E-state index contributed by atoms with van der Waals surface area (Å²) in [7, 11) is 0. The molecular weight excluding hydrogens is 240 g/mol. The molecule has 1 atom stereocenters. The molecule has 4 nitrogen and oxygen atoms in total. The number of hydrogen-bond acceptors (Lipinski definition) is 5. The number of thioether (sulfide) groups is 1. The lowest BCUT2D eigenvalue weighted by Crippen LogP contribution is -2.42. The van der Waals surface area contributed by atoms with Gasteiger partial charge in [0.2, 0.25) is 0 Å². The Morgan fingerprint density at radius 2 is 1.76 bits per heavy atom. The molecule has 0 radical (unpaired) electrons. The van der Waals surface area contributed by atoms with Crippen molar-refractivity contribution >= 4 is 23.7 Å². The fourth-order valence-corrected chi connectivity index (χ4v) is 2.53. The first-order valence-corrected chi connectivity index (χ1v) is 6.79. The monoisotopic (exact) mass is 258 g/mol. The number of hydrogen-bond donors (Lipinski definition) is 0. The molecule has 96 valence electrons. The van der Waals surface area contributed by atoms with Crippen molar-refractivity contribution in [3.8, 4) is 0 Å². The van der Waals surface area contributed by atoms with Gasteiger partial charge in [0.05, 0.1) is 0 Å².